The summed E-state index contributed by atoms with van der Waals surface area (Å²) in [4.78, 5) is 17.0. The van der Waals surface area contributed by atoms with E-state index >= 15 is 0 Å². The van der Waals surface area contributed by atoms with Crippen LogP contribution in [0.4, 0.5) is 11.4 Å². The average Bonchev–Trinajstić information content (AvgIpc) is 3.11. The third-order valence-electron chi connectivity index (χ3n) is 6.30. The molecule has 2 fully saturated rings. The molecule has 2 saturated heterocycles. The number of anilines is 2. The highest BCUT2D eigenvalue weighted by Crippen LogP contribution is 2.27. The summed E-state index contributed by atoms with van der Waals surface area (Å²) in [6.07, 6.45) is 3.93. The zero-order valence-corrected chi connectivity index (χ0v) is 19.6. The van der Waals surface area contributed by atoms with Crippen LogP contribution < -0.4 is 10.2 Å². The van der Waals surface area contributed by atoms with Gasteiger partial charge in [0.05, 0.1) is 17.1 Å². The van der Waals surface area contributed by atoms with Crippen molar-refractivity contribution in [2.45, 2.75) is 30.6 Å². The first-order valence-electron chi connectivity index (χ1n) is 11.6. The minimum Gasteiger partial charge on any atom is -0.506 e. The minimum atomic E-state index is -3.49. The predicted octanol–water partition coefficient (Wildman–Crippen LogP) is 2.72. The summed E-state index contributed by atoms with van der Waals surface area (Å²) >= 11 is 0. The SMILES string of the molecule is O=C(CN1CCN(c2ccccc2O)CC1)Nc1ccc(S(=O)(=O)N2CCCCCC2)cc1. The number of carbonyl (C=O) groups is 1. The number of nitrogens with zero attached hydrogens (tertiary/aromatic N) is 3. The largest absolute Gasteiger partial charge is 0.506 e. The number of hydrogen-bond donors (Lipinski definition) is 2. The molecule has 0 bridgehead atoms. The molecular weight excluding hydrogens is 440 g/mol. The maximum absolute atomic E-state index is 12.9. The number of benzene rings is 2. The summed E-state index contributed by atoms with van der Waals surface area (Å²) in [5.74, 6) is 0.138. The summed E-state index contributed by atoms with van der Waals surface area (Å²) in [5, 5.41) is 12.9. The minimum absolute atomic E-state index is 0.130. The first-order chi connectivity index (χ1) is 15.9. The third kappa shape index (κ3) is 5.85. The molecule has 2 N–H and O–H groups in total. The topological polar surface area (TPSA) is 93.2 Å². The second-order valence-corrected chi connectivity index (χ2v) is 10.6. The maximum Gasteiger partial charge on any atom is 0.243 e. The van der Waals surface area contributed by atoms with Gasteiger partial charge in [-0.3, -0.25) is 9.69 Å². The molecule has 8 nitrogen and oxygen atoms in total. The quantitative estimate of drug-likeness (QED) is 0.672. The van der Waals surface area contributed by atoms with E-state index in [1.54, 1.807) is 40.7 Å². The molecule has 2 aliphatic heterocycles. The number of piperazine rings is 1. The van der Waals surface area contributed by atoms with E-state index < -0.39 is 10.0 Å². The Morgan fingerprint density at radius 1 is 0.848 bits per heavy atom. The van der Waals surface area contributed by atoms with Crippen molar-refractivity contribution in [3.05, 3.63) is 48.5 Å². The van der Waals surface area contributed by atoms with E-state index in [0.717, 1.165) is 57.5 Å². The molecule has 33 heavy (non-hydrogen) atoms. The van der Waals surface area contributed by atoms with Crippen LogP contribution in [-0.2, 0) is 14.8 Å². The van der Waals surface area contributed by atoms with Crippen molar-refractivity contribution >= 4 is 27.3 Å². The van der Waals surface area contributed by atoms with Crippen molar-refractivity contribution in [2.24, 2.45) is 0 Å². The van der Waals surface area contributed by atoms with Crippen molar-refractivity contribution in [1.29, 1.82) is 0 Å². The Morgan fingerprint density at radius 2 is 1.48 bits per heavy atom. The molecule has 0 aliphatic carbocycles. The number of rotatable bonds is 6. The predicted molar refractivity (Wildman–Crippen MR) is 129 cm³/mol. The monoisotopic (exact) mass is 472 g/mol. The number of amides is 1. The van der Waals surface area contributed by atoms with Gasteiger partial charge in [0.25, 0.3) is 0 Å². The van der Waals surface area contributed by atoms with Crippen molar-refractivity contribution < 1.29 is 18.3 Å². The van der Waals surface area contributed by atoms with Crippen LogP contribution in [0.15, 0.2) is 53.4 Å². The molecule has 2 heterocycles. The van der Waals surface area contributed by atoms with E-state index in [2.05, 4.69) is 15.1 Å². The molecule has 4 rings (SSSR count). The fourth-order valence-electron chi connectivity index (χ4n) is 4.42. The van der Waals surface area contributed by atoms with E-state index in [-0.39, 0.29) is 23.1 Å². The number of para-hydroxylation sites is 2. The van der Waals surface area contributed by atoms with Gasteiger partial charge in [0.2, 0.25) is 15.9 Å². The molecule has 0 unspecified atom stereocenters. The molecule has 1 amide bonds. The first kappa shape index (κ1) is 23.5. The van der Waals surface area contributed by atoms with Crippen LogP contribution >= 0.6 is 0 Å². The smallest absolute Gasteiger partial charge is 0.243 e. The molecule has 9 heteroatoms. The number of phenolic OH excluding ortho intramolecular Hbond substituents is 1. The lowest BCUT2D eigenvalue weighted by atomic mass is 10.2. The number of aromatic hydroxyl groups is 1. The molecule has 2 aliphatic rings. The highest BCUT2D eigenvalue weighted by atomic mass is 32.2. The van der Waals surface area contributed by atoms with E-state index in [1.807, 2.05) is 12.1 Å². The Bertz CT molecular complexity index is 1040. The van der Waals surface area contributed by atoms with Gasteiger partial charge in [-0.25, -0.2) is 8.42 Å². The fourth-order valence-corrected chi connectivity index (χ4v) is 5.94. The van der Waals surface area contributed by atoms with E-state index in [1.165, 1.54) is 0 Å². The second kappa shape index (κ2) is 10.5. The number of hydrogen-bond acceptors (Lipinski definition) is 6. The van der Waals surface area contributed by atoms with Crippen LogP contribution in [0.2, 0.25) is 0 Å². The Morgan fingerprint density at radius 3 is 2.12 bits per heavy atom. The van der Waals surface area contributed by atoms with Crippen LogP contribution in [-0.4, -0.2) is 74.4 Å². The number of nitrogens with one attached hydrogen (secondary N) is 1. The Balaban J connectivity index is 1.28. The van der Waals surface area contributed by atoms with Gasteiger partial charge in [0.1, 0.15) is 5.75 Å². The zero-order chi connectivity index (χ0) is 23.3. The van der Waals surface area contributed by atoms with E-state index in [4.69, 9.17) is 0 Å². The first-order valence-corrected chi connectivity index (χ1v) is 13.0. The molecule has 178 valence electrons. The summed E-state index contributed by atoms with van der Waals surface area (Å²) in [6, 6.07) is 13.7. The van der Waals surface area contributed by atoms with Crippen LogP contribution in [0, 0.1) is 0 Å². The van der Waals surface area contributed by atoms with Gasteiger partial charge in [-0.05, 0) is 49.2 Å². The fraction of sp³-hybridized carbons (Fsp3) is 0.458. The molecule has 0 aromatic heterocycles. The molecule has 0 radical (unpaired) electrons. The van der Waals surface area contributed by atoms with Gasteiger partial charge in [-0.1, -0.05) is 25.0 Å². The standard InChI is InChI=1S/C24H32N4O4S/c29-23-8-4-3-7-22(23)27-17-15-26(16-18-27)19-24(30)25-20-9-11-21(12-10-20)33(31,32)28-13-5-1-2-6-14-28/h3-4,7-12,29H,1-2,5-6,13-19H2,(H,25,30). The Labute approximate surface area is 195 Å². The number of sulfonamides is 1. The molecule has 0 saturated carbocycles. The molecule has 0 spiro atoms. The van der Waals surface area contributed by atoms with E-state index in [9.17, 15) is 18.3 Å². The summed E-state index contributed by atoms with van der Waals surface area (Å²) in [6.45, 7) is 4.30. The summed E-state index contributed by atoms with van der Waals surface area (Å²) < 4.78 is 27.4. The van der Waals surface area contributed by atoms with E-state index in [0.29, 0.717) is 18.8 Å². The van der Waals surface area contributed by atoms with Crippen molar-refractivity contribution in [3.63, 3.8) is 0 Å². The average molecular weight is 473 g/mol. The van der Waals surface area contributed by atoms with Crippen LogP contribution in [0.1, 0.15) is 25.7 Å². The maximum atomic E-state index is 12.9. The highest BCUT2D eigenvalue weighted by molar-refractivity contribution is 7.89. The number of carbonyl (C=O) groups excluding carboxylic acids is 1. The highest BCUT2D eigenvalue weighted by Gasteiger charge is 2.25. The Kier molecular flexibility index (Phi) is 7.52. The van der Waals surface area contributed by atoms with Crippen LogP contribution in [0.25, 0.3) is 0 Å². The van der Waals surface area contributed by atoms with Gasteiger partial charge in [0, 0.05) is 45.0 Å². The molecular formula is C24H32N4O4S. The van der Waals surface area contributed by atoms with Crippen molar-refractivity contribution in [3.8, 4) is 5.75 Å². The zero-order valence-electron chi connectivity index (χ0n) is 18.8. The summed E-state index contributed by atoms with van der Waals surface area (Å²) in [7, 11) is -3.49. The van der Waals surface area contributed by atoms with Gasteiger partial charge in [-0.15, -0.1) is 0 Å². The lowest BCUT2D eigenvalue weighted by Crippen LogP contribution is -2.48. The number of phenols is 1. The van der Waals surface area contributed by atoms with Crippen molar-refractivity contribution in [1.82, 2.24) is 9.21 Å². The normalized spacial score (nSPS) is 18.6. The van der Waals surface area contributed by atoms with Crippen LogP contribution in [0.3, 0.4) is 0 Å². The third-order valence-corrected chi connectivity index (χ3v) is 8.22. The molecule has 2 aromatic carbocycles. The van der Waals surface area contributed by atoms with Gasteiger partial charge >= 0.3 is 0 Å². The lowest BCUT2D eigenvalue weighted by Gasteiger charge is -2.35. The molecule has 0 atom stereocenters. The van der Waals surface area contributed by atoms with Gasteiger partial charge in [-0.2, -0.15) is 4.31 Å². The second-order valence-electron chi connectivity index (χ2n) is 8.64. The lowest BCUT2D eigenvalue weighted by molar-refractivity contribution is -0.117. The summed E-state index contributed by atoms with van der Waals surface area (Å²) in [5.41, 5.74) is 1.40. The van der Waals surface area contributed by atoms with Crippen LogP contribution in [0.5, 0.6) is 5.75 Å². The van der Waals surface area contributed by atoms with Crippen molar-refractivity contribution in [2.75, 3.05) is 56.0 Å². The Hall–Kier alpha value is -2.62. The van der Waals surface area contributed by atoms with Gasteiger partial charge in [0.15, 0.2) is 0 Å². The van der Waals surface area contributed by atoms with Gasteiger partial charge < -0.3 is 15.3 Å². The molecule has 2 aromatic rings.